The molecule has 1 aliphatic carbocycles. The van der Waals surface area contributed by atoms with Crippen LogP contribution in [0.2, 0.25) is 0 Å². The number of aromatic nitrogens is 1. The van der Waals surface area contributed by atoms with E-state index in [1.165, 1.54) is 76.8 Å². The van der Waals surface area contributed by atoms with Gasteiger partial charge < -0.3 is 9.47 Å². The Morgan fingerprint density at radius 3 is 1.82 bits per heavy atom. The molecule has 12 rings (SSSR count). The van der Waals surface area contributed by atoms with Crippen LogP contribution in [-0.2, 0) is 5.41 Å². The minimum absolute atomic E-state index is 0.161. The summed E-state index contributed by atoms with van der Waals surface area (Å²) in [5.41, 5.74) is 16.8. The van der Waals surface area contributed by atoms with E-state index in [-0.39, 0.29) is 5.41 Å². The molecule has 2 nitrogen and oxygen atoms in total. The second-order valence-corrected chi connectivity index (χ2v) is 16.9. The fourth-order valence-corrected chi connectivity index (χ4v) is 10.2. The lowest BCUT2D eigenvalue weighted by molar-refractivity contribution is 0.660. The zero-order valence-corrected chi connectivity index (χ0v) is 34.2. The minimum Gasteiger partial charge on any atom is -0.309 e. The molecule has 2 heteroatoms. The van der Waals surface area contributed by atoms with E-state index >= 15 is 0 Å². The molecule has 0 amide bonds. The van der Waals surface area contributed by atoms with Crippen molar-refractivity contribution in [1.29, 1.82) is 0 Å². The maximum absolute atomic E-state index is 2.56. The molecule has 0 radical (unpaired) electrons. The molecule has 0 spiro atoms. The van der Waals surface area contributed by atoms with Gasteiger partial charge in [0, 0.05) is 32.9 Å². The first-order chi connectivity index (χ1) is 30.0. The summed E-state index contributed by atoms with van der Waals surface area (Å²) in [4.78, 5) is 2.56. The van der Waals surface area contributed by atoms with Crippen molar-refractivity contribution >= 4 is 60.4 Å². The fraction of sp³-hybridized carbons (Fsp3) is 0.0508. The van der Waals surface area contributed by atoms with Gasteiger partial charge in [0.15, 0.2) is 0 Å². The highest BCUT2D eigenvalue weighted by Gasteiger charge is 2.36. The third-order valence-corrected chi connectivity index (χ3v) is 13.2. The maximum atomic E-state index is 2.56. The Hall–Kier alpha value is -7.68. The molecule has 288 valence electrons. The highest BCUT2D eigenvalue weighted by molar-refractivity contribution is 6.20. The van der Waals surface area contributed by atoms with Gasteiger partial charge in [0.1, 0.15) is 0 Å². The lowest BCUT2D eigenvalue weighted by Gasteiger charge is -2.30. The van der Waals surface area contributed by atoms with Crippen molar-refractivity contribution in [2.75, 3.05) is 4.90 Å². The molecule has 0 aliphatic heterocycles. The van der Waals surface area contributed by atoms with Crippen molar-refractivity contribution in [3.05, 3.63) is 230 Å². The summed E-state index contributed by atoms with van der Waals surface area (Å²) in [6, 6.07) is 80.6. The van der Waals surface area contributed by atoms with Crippen LogP contribution in [0.1, 0.15) is 25.0 Å². The lowest BCUT2D eigenvalue weighted by atomic mass is 9.82. The van der Waals surface area contributed by atoms with Crippen molar-refractivity contribution in [2.24, 2.45) is 0 Å². The molecule has 0 saturated heterocycles. The molecule has 1 aromatic heterocycles. The van der Waals surface area contributed by atoms with Crippen LogP contribution in [-0.4, -0.2) is 4.57 Å². The summed E-state index contributed by atoms with van der Waals surface area (Å²) in [6.45, 7) is 4.75. The number of anilines is 3. The summed E-state index contributed by atoms with van der Waals surface area (Å²) < 4.78 is 2.46. The van der Waals surface area contributed by atoms with Crippen LogP contribution in [0, 0.1) is 0 Å². The Balaban J connectivity index is 1.19. The van der Waals surface area contributed by atoms with Gasteiger partial charge in [-0.25, -0.2) is 0 Å². The molecule has 0 bridgehead atoms. The first-order valence-corrected chi connectivity index (χ1v) is 21.3. The summed E-state index contributed by atoms with van der Waals surface area (Å²) in [7, 11) is 0. The van der Waals surface area contributed by atoms with E-state index < -0.39 is 0 Å². The Morgan fingerprint density at radius 1 is 0.377 bits per heavy atom. The molecule has 11 aromatic rings. The third-order valence-electron chi connectivity index (χ3n) is 13.2. The number of para-hydroxylation sites is 1. The average Bonchev–Trinajstić information content (AvgIpc) is 3.77. The minimum atomic E-state index is -0.161. The number of hydrogen-bond acceptors (Lipinski definition) is 1. The Labute approximate surface area is 356 Å². The largest absolute Gasteiger partial charge is 0.309 e. The Bertz CT molecular complexity index is 3480. The van der Waals surface area contributed by atoms with Crippen LogP contribution in [0.3, 0.4) is 0 Å². The van der Waals surface area contributed by atoms with E-state index in [9.17, 15) is 0 Å². The van der Waals surface area contributed by atoms with E-state index in [0.29, 0.717) is 0 Å². The topological polar surface area (TPSA) is 8.17 Å². The predicted molar refractivity (Wildman–Crippen MR) is 259 cm³/mol. The van der Waals surface area contributed by atoms with E-state index in [0.717, 1.165) is 33.8 Å². The van der Waals surface area contributed by atoms with Gasteiger partial charge >= 0.3 is 0 Å². The second-order valence-electron chi connectivity index (χ2n) is 16.9. The fourth-order valence-electron chi connectivity index (χ4n) is 10.2. The first kappa shape index (κ1) is 35.3. The van der Waals surface area contributed by atoms with Crippen molar-refractivity contribution in [2.45, 2.75) is 19.3 Å². The molecule has 0 N–H and O–H groups in total. The molecule has 0 atom stereocenters. The Morgan fingerprint density at radius 2 is 1.02 bits per heavy atom. The molecule has 0 saturated carbocycles. The highest BCUT2D eigenvalue weighted by Crippen LogP contribution is 2.53. The van der Waals surface area contributed by atoms with Crippen LogP contribution < -0.4 is 4.90 Å². The first-order valence-electron chi connectivity index (χ1n) is 21.3. The molecular weight excluding hydrogens is 737 g/mol. The molecule has 1 aliphatic rings. The monoisotopic (exact) mass is 778 g/mol. The van der Waals surface area contributed by atoms with Crippen LogP contribution in [0.25, 0.3) is 82.4 Å². The van der Waals surface area contributed by atoms with Gasteiger partial charge in [-0.1, -0.05) is 184 Å². The van der Waals surface area contributed by atoms with Gasteiger partial charge in [-0.05, 0) is 109 Å². The summed E-state index contributed by atoms with van der Waals surface area (Å²) in [5, 5.41) is 7.37. The summed E-state index contributed by atoms with van der Waals surface area (Å²) in [6.07, 6.45) is 0. The van der Waals surface area contributed by atoms with Crippen molar-refractivity contribution < 1.29 is 0 Å². The zero-order valence-electron chi connectivity index (χ0n) is 34.2. The smallest absolute Gasteiger partial charge is 0.0568 e. The molecular formula is C59H42N2. The molecule has 10 aromatic carbocycles. The van der Waals surface area contributed by atoms with Gasteiger partial charge in [-0.15, -0.1) is 0 Å². The van der Waals surface area contributed by atoms with E-state index in [4.69, 9.17) is 0 Å². The molecule has 0 unspecified atom stereocenters. The number of benzene rings is 10. The SMILES string of the molecule is CC1(C)c2ccccc2-c2ccc(N(c3cccc4c3ccc3ccccc34)c3cc(-c4ccccc4)cc4c3c3ccccc3n4-c3ccc(-c4ccccc4)cc3)cc21. The average molecular weight is 779 g/mol. The number of fused-ring (bicyclic) bond motifs is 9. The van der Waals surface area contributed by atoms with E-state index in [1.807, 2.05) is 0 Å². The van der Waals surface area contributed by atoms with Crippen LogP contribution in [0.5, 0.6) is 0 Å². The van der Waals surface area contributed by atoms with Gasteiger partial charge in [-0.2, -0.15) is 0 Å². The van der Waals surface area contributed by atoms with Crippen molar-refractivity contribution in [3.8, 4) is 39.1 Å². The van der Waals surface area contributed by atoms with Gasteiger partial charge in [0.25, 0.3) is 0 Å². The van der Waals surface area contributed by atoms with Gasteiger partial charge in [-0.3, -0.25) is 0 Å². The van der Waals surface area contributed by atoms with Crippen LogP contribution in [0.15, 0.2) is 218 Å². The standard InChI is InChI=1S/C59H42N2/c1-59(2)52-25-13-11-22-48(52)49-35-33-45(38-53(49)59)61(54-27-15-24-47-46-21-10-9-20-42(46)30-34-50(47)54)57-37-43(40-18-7-4-8-19-40)36-56-58(57)51-23-12-14-26-55(51)60(56)44-31-28-41(29-32-44)39-16-5-3-6-17-39/h3-38H,1-2H3. The Kier molecular flexibility index (Phi) is 7.92. The summed E-state index contributed by atoms with van der Waals surface area (Å²) in [5.74, 6) is 0. The van der Waals surface area contributed by atoms with Crippen LogP contribution >= 0.6 is 0 Å². The number of rotatable bonds is 6. The normalized spacial score (nSPS) is 12.9. The third kappa shape index (κ3) is 5.49. The van der Waals surface area contributed by atoms with Crippen molar-refractivity contribution in [3.63, 3.8) is 0 Å². The second kappa shape index (κ2) is 13.7. The summed E-state index contributed by atoms with van der Waals surface area (Å²) >= 11 is 0. The predicted octanol–water partition coefficient (Wildman–Crippen LogP) is 16.2. The zero-order chi connectivity index (χ0) is 40.7. The quantitative estimate of drug-likeness (QED) is 0.153. The maximum Gasteiger partial charge on any atom is 0.0568 e. The van der Waals surface area contributed by atoms with E-state index in [2.05, 4.69) is 242 Å². The molecule has 0 fully saturated rings. The van der Waals surface area contributed by atoms with Crippen LogP contribution in [0.4, 0.5) is 17.1 Å². The lowest BCUT2D eigenvalue weighted by Crippen LogP contribution is -2.17. The highest BCUT2D eigenvalue weighted by atomic mass is 15.2. The van der Waals surface area contributed by atoms with Gasteiger partial charge in [0.05, 0.1) is 22.4 Å². The van der Waals surface area contributed by atoms with E-state index in [1.54, 1.807) is 0 Å². The number of hydrogen-bond donors (Lipinski definition) is 0. The van der Waals surface area contributed by atoms with Gasteiger partial charge in [0.2, 0.25) is 0 Å². The molecule has 1 heterocycles. The van der Waals surface area contributed by atoms with Crippen molar-refractivity contribution in [1.82, 2.24) is 4.57 Å². The molecule has 61 heavy (non-hydrogen) atoms. The number of nitrogens with zero attached hydrogens (tertiary/aromatic N) is 2.